The van der Waals surface area contributed by atoms with Crippen LogP contribution in [0, 0.1) is 11.2 Å². The molecule has 0 spiro atoms. The third kappa shape index (κ3) is 11.2. The summed E-state index contributed by atoms with van der Waals surface area (Å²) in [5.41, 5.74) is 1.43. The van der Waals surface area contributed by atoms with Gasteiger partial charge in [0.15, 0.2) is 15.5 Å². The number of hydrogen-bond acceptors (Lipinski definition) is 12. The average Bonchev–Trinajstić information content (AvgIpc) is 3.59. The maximum atomic E-state index is 13.8. The van der Waals surface area contributed by atoms with Gasteiger partial charge >= 0.3 is 18.2 Å². The predicted molar refractivity (Wildman–Crippen MR) is 216 cm³/mol. The van der Waals surface area contributed by atoms with Crippen molar-refractivity contribution in [2.75, 3.05) is 31.6 Å². The van der Waals surface area contributed by atoms with Gasteiger partial charge in [-0.25, -0.2) is 31.8 Å². The highest BCUT2D eigenvalue weighted by Crippen LogP contribution is 2.36. The zero-order valence-corrected chi connectivity index (χ0v) is 34.8. The molecule has 0 aliphatic heterocycles. The molecule has 0 aliphatic rings. The molecule has 1 atom stereocenters. The number of fused-ring (bicyclic) bond motifs is 1. The standard InChI is InChI=1S/C42H46FN5O10S/c1-26(28-13-16-31(43)17-14-28)34(49)21-27-9-11-29(12-10-27)30-15-20-36-45-38(46-47(36)23-30)48(33-19-18-32(59(8,53)54)22-35(33)55-7)40(52)57-25-56-37(50)42(5,6)24-44-39(51)58-41(2,3)4/h9-20,22-23,26H,21,24-25H2,1-8H3,(H,44,51)/t26-/m1/s1. The first-order chi connectivity index (χ1) is 27.6. The number of carbonyl (C=O) groups excluding carboxylic acids is 4. The smallest absolute Gasteiger partial charge is 0.424 e. The van der Waals surface area contributed by atoms with Gasteiger partial charge < -0.3 is 24.3 Å². The number of nitrogens with one attached hydrogen (secondary N) is 1. The second-order valence-electron chi connectivity index (χ2n) is 15.4. The van der Waals surface area contributed by atoms with E-state index in [1.165, 1.54) is 55.8 Å². The molecule has 59 heavy (non-hydrogen) atoms. The van der Waals surface area contributed by atoms with Crippen LogP contribution in [0.4, 0.5) is 25.6 Å². The molecule has 312 valence electrons. The van der Waals surface area contributed by atoms with Crippen molar-refractivity contribution in [3.05, 3.63) is 102 Å². The Morgan fingerprint density at radius 2 is 1.56 bits per heavy atom. The number of anilines is 2. The number of halogens is 1. The molecule has 5 rings (SSSR count). The molecule has 0 fully saturated rings. The van der Waals surface area contributed by atoms with Crippen molar-refractivity contribution in [1.82, 2.24) is 19.9 Å². The molecule has 1 N–H and O–H groups in total. The van der Waals surface area contributed by atoms with Crippen molar-refractivity contribution in [2.24, 2.45) is 5.41 Å². The SMILES string of the molecule is COc1cc(S(C)(=O)=O)ccc1N(C(=O)OCOC(=O)C(C)(C)CNC(=O)OC(C)(C)C)c1nc2ccc(-c3ccc(CC(=O)[C@H](C)c4ccc(F)cc4)cc3)cn2n1. The maximum Gasteiger partial charge on any atom is 0.424 e. The number of amides is 2. The number of ketones is 1. The van der Waals surface area contributed by atoms with Gasteiger partial charge in [-0.05, 0) is 87.7 Å². The molecule has 5 aromatic rings. The Morgan fingerprint density at radius 1 is 0.898 bits per heavy atom. The first-order valence-corrected chi connectivity index (χ1v) is 20.3. The summed E-state index contributed by atoms with van der Waals surface area (Å²) >= 11 is 0. The fourth-order valence-corrected chi connectivity index (χ4v) is 6.31. The number of ether oxygens (including phenoxy) is 4. The van der Waals surface area contributed by atoms with Crippen LogP contribution in [0.3, 0.4) is 0 Å². The van der Waals surface area contributed by atoms with E-state index in [2.05, 4.69) is 15.4 Å². The quantitative estimate of drug-likeness (QED) is 0.0879. The lowest BCUT2D eigenvalue weighted by atomic mass is 9.92. The summed E-state index contributed by atoms with van der Waals surface area (Å²) in [5.74, 6) is -1.79. The zero-order valence-electron chi connectivity index (χ0n) is 33.9. The highest BCUT2D eigenvalue weighted by Gasteiger charge is 2.33. The second-order valence-corrected chi connectivity index (χ2v) is 17.4. The Labute approximate surface area is 341 Å². The van der Waals surface area contributed by atoms with E-state index < -0.39 is 51.7 Å². The molecule has 0 unspecified atom stereocenters. The van der Waals surface area contributed by atoms with Gasteiger partial charge in [0, 0.05) is 43.0 Å². The Hall–Kier alpha value is -6.36. The lowest BCUT2D eigenvalue weighted by molar-refractivity contribution is -0.161. The third-order valence-electron chi connectivity index (χ3n) is 9.04. The highest BCUT2D eigenvalue weighted by atomic mass is 32.2. The van der Waals surface area contributed by atoms with Crippen molar-refractivity contribution in [2.45, 2.75) is 64.4 Å². The van der Waals surface area contributed by atoms with Gasteiger partial charge in [0.2, 0.25) is 6.79 Å². The topological polar surface area (TPSA) is 185 Å². The minimum Gasteiger partial charge on any atom is -0.495 e. The van der Waals surface area contributed by atoms with Crippen LogP contribution in [-0.4, -0.2) is 79.3 Å². The Kier molecular flexibility index (Phi) is 13.1. The van der Waals surface area contributed by atoms with Gasteiger partial charge in [0.05, 0.1) is 23.1 Å². The first kappa shape index (κ1) is 43.8. The summed E-state index contributed by atoms with van der Waals surface area (Å²) in [6.45, 7) is 8.97. The largest absolute Gasteiger partial charge is 0.495 e. The van der Waals surface area contributed by atoms with E-state index in [1.807, 2.05) is 24.3 Å². The number of carbonyl (C=O) groups is 4. The number of benzene rings is 3. The molecule has 0 radical (unpaired) electrons. The fraction of sp³-hybridized carbons (Fsp3) is 0.333. The summed E-state index contributed by atoms with van der Waals surface area (Å²) in [4.78, 5) is 57.3. The Morgan fingerprint density at radius 3 is 2.19 bits per heavy atom. The number of pyridine rings is 1. The number of aromatic nitrogens is 3. The maximum absolute atomic E-state index is 13.8. The van der Waals surface area contributed by atoms with Gasteiger partial charge in [-0.15, -0.1) is 5.10 Å². The monoisotopic (exact) mass is 831 g/mol. The first-order valence-electron chi connectivity index (χ1n) is 18.4. The molecule has 0 aliphatic carbocycles. The average molecular weight is 832 g/mol. The summed E-state index contributed by atoms with van der Waals surface area (Å²) in [7, 11) is -2.38. The molecule has 0 bridgehead atoms. The minimum atomic E-state index is -3.67. The van der Waals surface area contributed by atoms with Crippen molar-refractivity contribution in [3.8, 4) is 16.9 Å². The van der Waals surface area contributed by atoms with Gasteiger partial charge in [-0.1, -0.05) is 43.3 Å². The van der Waals surface area contributed by atoms with E-state index in [4.69, 9.17) is 18.9 Å². The van der Waals surface area contributed by atoms with E-state index in [0.29, 0.717) is 5.65 Å². The summed E-state index contributed by atoms with van der Waals surface area (Å²) in [6.07, 6.45) is 1.08. The number of Topliss-reactive ketones (excluding diaryl/α,β-unsaturated/α-hetero) is 1. The van der Waals surface area contributed by atoms with Crippen LogP contribution in [0.2, 0.25) is 0 Å². The molecule has 2 aromatic heterocycles. The van der Waals surface area contributed by atoms with Gasteiger partial charge in [-0.3, -0.25) is 9.59 Å². The van der Waals surface area contributed by atoms with Crippen LogP contribution >= 0.6 is 0 Å². The number of hydrogen-bond donors (Lipinski definition) is 1. The normalized spacial score (nSPS) is 12.4. The molecule has 2 heterocycles. The van der Waals surface area contributed by atoms with E-state index in [0.717, 1.165) is 33.4 Å². The summed E-state index contributed by atoms with van der Waals surface area (Å²) < 4.78 is 60.8. The molecule has 0 saturated carbocycles. The summed E-state index contributed by atoms with van der Waals surface area (Å²) in [5, 5.41) is 7.05. The van der Waals surface area contributed by atoms with Crippen molar-refractivity contribution in [3.63, 3.8) is 0 Å². The van der Waals surface area contributed by atoms with Crippen LogP contribution < -0.4 is 15.0 Å². The van der Waals surface area contributed by atoms with Crippen LogP contribution in [-0.2, 0) is 40.1 Å². The highest BCUT2D eigenvalue weighted by molar-refractivity contribution is 7.90. The number of nitrogens with zero attached hydrogens (tertiary/aromatic N) is 4. The third-order valence-corrected chi connectivity index (χ3v) is 10.1. The van der Waals surface area contributed by atoms with Crippen LogP contribution in [0.1, 0.15) is 58.6 Å². The zero-order chi connectivity index (χ0) is 43.3. The van der Waals surface area contributed by atoms with Crippen molar-refractivity contribution < 1.29 is 50.9 Å². The minimum absolute atomic E-state index is 0.0128. The summed E-state index contributed by atoms with van der Waals surface area (Å²) in [6, 6.07) is 20.6. The van der Waals surface area contributed by atoms with Crippen LogP contribution in [0.15, 0.2) is 90.0 Å². The molecule has 0 saturated heterocycles. The van der Waals surface area contributed by atoms with E-state index >= 15 is 0 Å². The fourth-order valence-electron chi connectivity index (χ4n) is 5.68. The Balaban J connectivity index is 1.36. The Bertz CT molecular complexity index is 2460. The molecular weight excluding hydrogens is 786 g/mol. The predicted octanol–water partition coefficient (Wildman–Crippen LogP) is 7.19. The van der Waals surface area contributed by atoms with Gasteiger partial charge in [-0.2, -0.15) is 4.98 Å². The van der Waals surface area contributed by atoms with E-state index in [9.17, 15) is 32.0 Å². The van der Waals surface area contributed by atoms with Gasteiger partial charge in [0.1, 0.15) is 23.0 Å². The number of esters is 1. The van der Waals surface area contributed by atoms with Gasteiger partial charge in [0.25, 0.3) is 5.95 Å². The second kappa shape index (κ2) is 17.6. The molecule has 15 nitrogen and oxygen atoms in total. The van der Waals surface area contributed by atoms with E-state index in [-0.39, 0.29) is 46.8 Å². The molecule has 17 heteroatoms. The lowest BCUT2D eigenvalue weighted by Gasteiger charge is -2.25. The van der Waals surface area contributed by atoms with E-state index in [1.54, 1.807) is 58.2 Å². The molecular formula is C42H46FN5O10S. The number of methoxy groups -OCH3 is 1. The van der Waals surface area contributed by atoms with Crippen LogP contribution in [0.5, 0.6) is 5.75 Å². The number of alkyl carbamates (subject to hydrolysis) is 1. The number of sulfone groups is 1. The van der Waals surface area contributed by atoms with Crippen LogP contribution in [0.25, 0.3) is 16.8 Å². The molecule has 2 amide bonds. The molecule has 3 aromatic carbocycles. The number of rotatable bonds is 14. The van der Waals surface area contributed by atoms with Crippen molar-refractivity contribution >= 4 is 51.1 Å². The van der Waals surface area contributed by atoms with Crippen molar-refractivity contribution in [1.29, 1.82) is 0 Å². The lowest BCUT2D eigenvalue weighted by Crippen LogP contribution is -2.42.